The van der Waals surface area contributed by atoms with Crippen LogP contribution in [0.2, 0.25) is 0 Å². The van der Waals surface area contributed by atoms with Crippen molar-refractivity contribution in [3.05, 3.63) is 0 Å². The monoisotopic (exact) mass is 739 g/mol. The van der Waals surface area contributed by atoms with Crippen LogP contribution in [0.4, 0.5) is 0 Å². The van der Waals surface area contributed by atoms with Crippen molar-refractivity contribution in [1.29, 1.82) is 0 Å². The van der Waals surface area contributed by atoms with Gasteiger partial charge in [-0.05, 0) is 6.42 Å². The summed E-state index contributed by atoms with van der Waals surface area (Å²) in [6.07, 6.45) is 21.7. The first-order valence-corrected chi connectivity index (χ1v) is 20.3. The third-order valence-corrected chi connectivity index (χ3v) is 7.94. The lowest BCUT2D eigenvalue weighted by atomic mass is 10.0. The summed E-state index contributed by atoms with van der Waals surface area (Å²) in [7, 11) is 0. The Kier molecular flexibility index (Phi) is 46.2. The maximum Gasteiger partial charge on any atom is 0.305 e. The number of aliphatic hydroxyl groups is 1. The average molecular weight is 739 g/mol. The molecule has 0 aliphatic heterocycles. The van der Waals surface area contributed by atoms with Crippen molar-refractivity contribution in [3.63, 3.8) is 0 Å². The van der Waals surface area contributed by atoms with Crippen LogP contribution in [0.15, 0.2) is 0 Å². The van der Waals surface area contributed by atoms with E-state index in [4.69, 9.17) is 52.5 Å². The highest BCUT2D eigenvalue weighted by Gasteiger charge is 2.03. The van der Waals surface area contributed by atoms with Gasteiger partial charge in [0, 0.05) is 6.42 Å². The molecule has 0 heterocycles. The van der Waals surface area contributed by atoms with Crippen LogP contribution >= 0.6 is 0 Å². The van der Waals surface area contributed by atoms with Gasteiger partial charge in [-0.2, -0.15) is 0 Å². The molecular formula is C39H78O12. The zero-order valence-corrected chi connectivity index (χ0v) is 32.6. The van der Waals surface area contributed by atoms with Gasteiger partial charge in [0.2, 0.25) is 0 Å². The van der Waals surface area contributed by atoms with E-state index in [1.54, 1.807) is 0 Å². The molecule has 51 heavy (non-hydrogen) atoms. The molecule has 1 N–H and O–H groups in total. The van der Waals surface area contributed by atoms with Gasteiger partial charge in [0.05, 0.1) is 126 Å². The lowest BCUT2D eigenvalue weighted by Crippen LogP contribution is -2.15. The van der Waals surface area contributed by atoms with Crippen molar-refractivity contribution in [2.24, 2.45) is 0 Å². The van der Waals surface area contributed by atoms with Crippen molar-refractivity contribution in [1.82, 2.24) is 0 Å². The number of carbonyl (C=O) groups excluding carboxylic acids is 1. The molecule has 306 valence electrons. The van der Waals surface area contributed by atoms with Crippen LogP contribution in [0.5, 0.6) is 0 Å². The summed E-state index contributed by atoms with van der Waals surface area (Å²) >= 11 is 0. The van der Waals surface area contributed by atoms with Crippen molar-refractivity contribution in [3.8, 4) is 0 Å². The molecule has 0 saturated heterocycles. The number of ether oxygens (including phenoxy) is 10. The number of carbonyl (C=O) groups is 1. The molecule has 0 atom stereocenters. The minimum atomic E-state index is -0.130. The summed E-state index contributed by atoms with van der Waals surface area (Å²) in [5.41, 5.74) is 0. The number of hydrogen-bond donors (Lipinski definition) is 1. The Morgan fingerprint density at radius 2 is 0.569 bits per heavy atom. The van der Waals surface area contributed by atoms with E-state index >= 15 is 0 Å². The number of unbranched alkanes of at least 4 members (excludes halogenated alkanes) is 15. The van der Waals surface area contributed by atoms with Gasteiger partial charge in [-0.25, -0.2) is 0 Å². The molecule has 0 fully saturated rings. The molecule has 0 aromatic rings. The summed E-state index contributed by atoms with van der Waals surface area (Å²) in [5, 5.41) is 8.59. The topological polar surface area (TPSA) is 130 Å². The Labute approximate surface area is 311 Å². The quantitative estimate of drug-likeness (QED) is 0.0554. The Hall–Kier alpha value is -0.930. The van der Waals surface area contributed by atoms with Crippen LogP contribution in [0.25, 0.3) is 0 Å². The van der Waals surface area contributed by atoms with Gasteiger partial charge in [0.25, 0.3) is 0 Å². The van der Waals surface area contributed by atoms with Crippen LogP contribution < -0.4 is 0 Å². The molecule has 0 rings (SSSR count). The summed E-state index contributed by atoms with van der Waals surface area (Å²) in [4.78, 5) is 11.9. The van der Waals surface area contributed by atoms with Crippen molar-refractivity contribution >= 4 is 5.97 Å². The second-order valence-corrected chi connectivity index (χ2v) is 12.5. The van der Waals surface area contributed by atoms with Gasteiger partial charge in [0.1, 0.15) is 6.61 Å². The smallest absolute Gasteiger partial charge is 0.305 e. The Morgan fingerprint density at radius 3 is 0.843 bits per heavy atom. The SMILES string of the molecule is CCCCCCCCCCCCCCCCCCC(=O)OCCOCCOCCOCCOCCOCCOCCOCCOCCOCCO. The number of aliphatic hydroxyl groups excluding tert-OH is 1. The van der Waals surface area contributed by atoms with E-state index in [0.717, 1.165) is 12.8 Å². The van der Waals surface area contributed by atoms with Gasteiger partial charge in [-0.3, -0.25) is 4.79 Å². The van der Waals surface area contributed by atoms with Gasteiger partial charge >= 0.3 is 5.97 Å². The lowest BCUT2D eigenvalue weighted by Gasteiger charge is -2.09. The summed E-state index contributed by atoms with van der Waals surface area (Å²) in [6, 6.07) is 0. The standard InChI is InChI=1S/C39H78O12/c1-2-3-4-5-6-7-8-9-10-11-12-13-14-15-16-17-18-39(41)51-38-37-50-36-35-49-34-33-48-32-31-47-30-29-46-28-27-45-26-25-44-24-23-43-22-21-42-20-19-40/h40H,2-38H2,1H3. The van der Waals surface area contributed by atoms with Crippen LogP contribution in [0, 0.1) is 0 Å². The molecule has 0 radical (unpaired) electrons. The Balaban J connectivity index is 3.13. The van der Waals surface area contributed by atoms with Crippen LogP contribution in [-0.2, 0) is 52.2 Å². The fraction of sp³-hybridized carbons (Fsp3) is 0.974. The molecule has 0 unspecified atom stereocenters. The number of esters is 1. The van der Waals surface area contributed by atoms with E-state index in [-0.39, 0.29) is 19.2 Å². The summed E-state index contributed by atoms with van der Waals surface area (Å²) in [6.45, 7) is 11.2. The summed E-state index contributed by atoms with van der Waals surface area (Å²) in [5.74, 6) is -0.130. The van der Waals surface area contributed by atoms with E-state index in [9.17, 15) is 4.79 Å². The Bertz CT molecular complexity index is 643. The van der Waals surface area contributed by atoms with Crippen LogP contribution in [-0.4, -0.2) is 143 Å². The maximum absolute atomic E-state index is 11.9. The first-order chi connectivity index (χ1) is 25.3. The highest BCUT2D eigenvalue weighted by Crippen LogP contribution is 2.14. The minimum absolute atomic E-state index is 0.0249. The molecule has 0 amide bonds. The van der Waals surface area contributed by atoms with Gasteiger partial charge < -0.3 is 52.5 Å². The van der Waals surface area contributed by atoms with E-state index in [0.29, 0.717) is 125 Å². The molecule has 0 aliphatic carbocycles. The van der Waals surface area contributed by atoms with E-state index in [1.165, 1.54) is 89.9 Å². The van der Waals surface area contributed by atoms with Gasteiger partial charge in [-0.1, -0.05) is 103 Å². The second-order valence-electron chi connectivity index (χ2n) is 12.5. The molecule has 0 aromatic carbocycles. The second kappa shape index (κ2) is 47.1. The molecule has 0 saturated carbocycles. The van der Waals surface area contributed by atoms with Crippen molar-refractivity contribution < 1.29 is 57.3 Å². The van der Waals surface area contributed by atoms with E-state index < -0.39 is 0 Å². The predicted molar refractivity (Wildman–Crippen MR) is 200 cm³/mol. The fourth-order valence-electron chi connectivity index (χ4n) is 5.03. The number of hydrogen-bond acceptors (Lipinski definition) is 12. The van der Waals surface area contributed by atoms with Gasteiger partial charge in [-0.15, -0.1) is 0 Å². The van der Waals surface area contributed by atoms with Crippen molar-refractivity contribution in [2.75, 3.05) is 132 Å². The predicted octanol–water partition coefficient (Wildman–Crippen LogP) is 6.32. The Morgan fingerprint density at radius 1 is 0.333 bits per heavy atom. The first-order valence-electron chi connectivity index (χ1n) is 20.3. The van der Waals surface area contributed by atoms with Crippen LogP contribution in [0.3, 0.4) is 0 Å². The van der Waals surface area contributed by atoms with Crippen LogP contribution in [0.1, 0.15) is 116 Å². The van der Waals surface area contributed by atoms with E-state index in [2.05, 4.69) is 6.92 Å². The normalized spacial score (nSPS) is 11.5. The largest absolute Gasteiger partial charge is 0.463 e. The lowest BCUT2D eigenvalue weighted by molar-refractivity contribution is -0.145. The summed E-state index contributed by atoms with van der Waals surface area (Å²) < 4.78 is 53.9. The molecule has 0 bridgehead atoms. The molecule has 12 nitrogen and oxygen atoms in total. The average Bonchev–Trinajstić information content (AvgIpc) is 3.14. The zero-order valence-electron chi connectivity index (χ0n) is 32.6. The van der Waals surface area contributed by atoms with E-state index in [1.807, 2.05) is 0 Å². The highest BCUT2D eigenvalue weighted by molar-refractivity contribution is 5.69. The van der Waals surface area contributed by atoms with Crippen molar-refractivity contribution in [2.45, 2.75) is 116 Å². The minimum Gasteiger partial charge on any atom is -0.463 e. The third kappa shape index (κ3) is 47.0. The molecule has 0 aromatic heterocycles. The third-order valence-electron chi connectivity index (χ3n) is 7.94. The molecule has 12 heteroatoms. The molecule has 0 aliphatic rings. The fourth-order valence-corrected chi connectivity index (χ4v) is 5.03. The highest BCUT2D eigenvalue weighted by atomic mass is 16.6. The zero-order chi connectivity index (χ0) is 36.8. The molecule has 0 spiro atoms. The maximum atomic E-state index is 11.9. The molecular weight excluding hydrogens is 660 g/mol. The number of rotatable bonds is 46. The first kappa shape index (κ1) is 50.1. The van der Waals surface area contributed by atoms with Gasteiger partial charge in [0.15, 0.2) is 0 Å².